The summed E-state index contributed by atoms with van der Waals surface area (Å²) in [7, 11) is 1.60. The van der Waals surface area contributed by atoms with E-state index in [1.807, 2.05) is 37.3 Å². The van der Waals surface area contributed by atoms with Gasteiger partial charge in [0.15, 0.2) is 16.7 Å². The highest BCUT2D eigenvalue weighted by molar-refractivity contribution is 7.98. The summed E-state index contributed by atoms with van der Waals surface area (Å²) in [6.45, 7) is -0.518. The van der Waals surface area contributed by atoms with Crippen molar-refractivity contribution in [1.82, 2.24) is 15.0 Å². The van der Waals surface area contributed by atoms with E-state index in [9.17, 15) is 8.78 Å². The lowest BCUT2D eigenvalue weighted by Gasteiger charge is -2.15. The number of pyridine rings is 1. The van der Waals surface area contributed by atoms with Crippen molar-refractivity contribution >= 4 is 22.8 Å². The van der Waals surface area contributed by atoms with E-state index in [0.29, 0.717) is 34.5 Å². The van der Waals surface area contributed by atoms with E-state index in [1.54, 1.807) is 19.4 Å². The molecule has 0 aliphatic heterocycles. The molecular formula is C23H21F2N3O3S. The van der Waals surface area contributed by atoms with Crippen LogP contribution < -0.4 is 14.2 Å². The second-order valence-corrected chi connectivity index (χ2v) is 7.85. The molecule has 0 bridgehead atoms. The minimum Gasteiger partial charge on any atom is -0.492 e. The fourth-order valence-corrected chi connectivity index (χ4v) is 4.10. The Morgan fingerprint density at radius 1 is 1.12 bits per heavy atom. The van der Waals surface area contributed by atoms with E-state index in [1.165, 1.54) is 23.9 Å². The lowest BCUT2D eigenvalue weighted by Crippen LogP contribution is -2.02. The number of rotatable bonds is 9. The number of nitrogens with one attached hydrogen (secondary N) is 1. The third kappa shape index (κ3) is 5.11. The number of imidazole rings is 1. The number of methoxy groups -OCH3 is 1. The third-order valence-corrected chi connectivity index (χ3v) is 5.66. The highest BCUT2D eigenvalue weighted by Gasteiger charge is 2.15. The maximum absolute atomic E-state index is 12.4. The molecule has 2 aromatic carbocycles. The van der Waals surface area contributed by atoms with Crippen LogP contribution >= 0.6 is 11.8 Å². The minimum atomic E-state index is -2.87. The summed E-state index contributed by atoms with van der Waals surface area (Å²) >= 11 is 1.45. The van der Waals surface area contributed by atoms with E-state index in [2.05, 4.69) is 19.7 Å². The SMILES string of the molecule is COc1c(OCc2ccccc2)cnc(CSc2nc3cc(OC(F)F)ccc3[nH]2)c1C. The van der Waals surface area contributed by atoms with E-state index < -0.39 is 6.61 Å². The maximum Gasteiger partial charge on any atom is 0.387 e. The number of benzene rings is 2. The second kappa shape index (κ2) is 9.86. The summed E-state index contributed by atoms with van der Waals surface area (Å²) in [5, 5.41) is 0.652. The molecule has 0 aliphatic carbocycles. The minimum absolute atomic E-state index is 0.0730. The smallest absolute Gasteiger partial charge is 0.387 e. The molecule has 0 saturated carbocycles. The Morgan fingerprint density at radius 2 is 1.94 bits per heavy atom. The fraction of sp³-hybridized carbons (Fsp3) is 0.217. The van der Waals surface area contributed by atoms with Gasteiger partial charge in [0.1, 0.15) is 12.4 Å². The van der Waals surface area contributed by atoms with Gasteiger partial charge in [0.2, 0.25) is 0 Å². The lowest BCUT2D eigenvalue weighted by molar-refractivity contribution is -0.0497. The van der Waals surface area contributed by atoms with Crippen LogP contribution in [0.1, 0.15) is 16.8 Å². The number of alkyl halides is 2. The quantitative estimate of drug-likeness (QED) is 0.323. The van der Waals surface area contributed by atoms with Crippen molar-refractivity contribution in [1.29, 1.82) is 0 Å². The summed E-state index contributed by atoms with van der Waals surface area (Å²) in [6.07, 6.45) is 1.66. The van der Waals surface area contributed by atoms with Gasteiger partial charge in [-0.05, 0) is 24.6 Å². The lowest BCUT2D eigenvalue weighted by atomic mass is 10.2. The average Bonchev–Trinajstić information content (AvgIpc) is 3.19. The number of aromatic amines is 1. The Hall–Kier alpha value is -3.33. The van der Waals surface area contributed by atoms with Crippen LogP contribution in [0.2, 0.25) is 0 Å². The molecular weight excluding hydrogens is 436 g/mol. The van der Waals surface area contributed by atoms with Gasteiger partial charge in [0, 0.05) is 17.4 Å². The topological polar surface area (TPSA) is 69.3 Å². The van der Waals surface area contributed by atoms with Gasteiger partial charge in [-0.3, -0.25) is 4.98 Å². The van der Waals surface area contributed by atoms with Crippen LogP contribution in [-0.2, 0) is 12.4 Å². The highest BCUT2D eigenvalue weighted by atomic mass is 32.2. The second-order valence-electron chi connectivity index (χ2n) is 6.89. The average molecular weight is 458 g/mol. The van der Waals surface area contributed by atoms with Gasteiger partial charge in [-0.25, -0.2) is 4.98 Å². The number of nitrogens with zero attached hydrogens (tertiary/aromatic N) is 2. The summed E-state index contributed by atoms with van der Waals surface area (Å²) in [5.41, 5.74) is 4.06. The Labute approximate surface area is 187 Å². The molecule has 2 aromatic heterocycles. The van der Waals surface area contributed by atoms with Crippen molar-refractivity contribution in [2.24, 2.45) is 0 Å². The Kier molecular flexibility index (Phi) is 6.75. The molecule has 6 nitrogen and oxygen atoms in total. The molecule has 0 spiro atoms. The third-order valence-electron chi connectivity index (χ3n) is 4.78. The van der Waals surface area contributed by atoms with Crippen molar-refractivity contribution in [2.45, 2.75) is 31.1 Å². The van der Waals surface area contributed by atoms with Gasteiger partial charge in [0.05, 0.1) is 30.0 Å². The zero-order valence-electron chi connectivity index (χ0n) is 17.5. The van der Waals surface area contributed by atoms with Gasteiger partial charge in [-0.15, -0.1) is 0 Å². The Morgan fingerprint density at radius 3 is 2.69 bits per heavy atom. The van der Waals surface area contributed by atoms with Gasteiger partial charge in [-0.1, -0.05) is 42.1 Å². The highest BCUT2D eigenvalue weighted by Crippen LogP contribution is 2.34. The van der Waals surface area contributed by atoms with Crippen LogP contribution in [0.25, 0.3) is 11.0 Å². The number of H-pyrrole nitrogens is 1. The molecule has 9 heteroatoms. The number of fused-ring (bicyclic) bond motifs is 1. The van der Waals surface area contributed by atoms with E-state index >= 15 is 0 Å². The van der Waals surface area contributed by atoms with Crippen molar-refractivity contribution in [2.75, 3.05) is 7.11 Å². The number of ether oxygens (including phenoxy) is 3. The summed E-state index contributed by atoms with van der Waals surface area (Å²) in [5.74, 6) is 1.84. The molecule has 4 rings (SSSR count). The predicted octanol–water partition coefficient (Wildman–Crippen LogP) is 5.75. The van der Waals surface area contributed by atoms with Gasteiger partial charge >= 0.3 is 6.61 Å². The van der Waals surface area contributed by atoms with Gasteiger partial charge in [-0.2, -0.15) is 8.78 Å². The number of hydrogen-bond donors (Lipinski definition) is 1. The van der Waals surface area contributed by atoms with Crippen LogP contribution in [0, 0.1) is 6.92 Å². The first-order chi connectivity index (χ1) is 15.5. The molecule has 0 saturated heterocycles. The Balaban J connectivity index is 1.46. The van der Waals surface area contributed by atoms with Crippen LogP contribution in [0.4, 0.5) is 8.78 Å². The first-order valence-corrected chi connectivity index (χ1v) is 10.8. The standard InChI is InChI=1S/C23H21F2N3O3S/c1-14-19(26-11-20(21(14)29-2)30-12-15-6-4-3-5-7-15)13-32-23-27-17-9-8-16(31-22(24)25)10-18(17)28-23/h3-11,22H,12-13H2,1-2H3,(H,27,28). The van der Waals surface area contributed by atoms with E-state index in [4.69, 9.17) is 9.47 Å². The molecule has 1 N–H and O–H groups in total. The molecule has 0 fully saturated rings. The summed E-state index contributed by atoms with van der Waals surface area (Å²) in [6, 6.07) is 14.5. The normalized spacial score (nSPS) is 11.2. The number of thioether (sulfide) groups is 1. The monoisotopic (exact) mass is 457 g/mol. The molecule has 0 amide bonds. The predicted molar refractivity (Wildman–Crippen MR) is 119 cm³/mol. The van der Waals surface area contributed by atoms with Crippen LogP contribution in [0.5, 0.6) is 17.2 Å². The van der Waals surface area contributed by atoms with Crippen molar-refractivity contribution < 1.29 is 23.0 Å². The maximum atomic E-state index is 12.4. The number of halogens is 2. The molecule has 32 heavy (non-hydrogen) atoms. The fourth-order valence-electron chi connectivity index (χ4n) is 3.19. The molecule has 166 valence electrons. The van der Waals surface area contributed by atoms with Gasteiger partial charge in [0.25, 0.3) is 0 Å². The largest absolute Gasteiger partial charge is 0.492 e. The van der Waals surface area contributed by atoms with E-state index in [0.717, 1.165) is 22.3 Å². The molecule has 2 heterocycles. The van der Waals surface area contributed by atoms with Gasteiger partial charge < -0.3 is 19.2 Å². The molecule has 0 radical (unpaired) electrons. The molecule has 0 atom stereocenters. The summed E-state index contributed by atoms with van der Waals surface area (Å²) in [4.78, 5) is 12.2. The van der Waals surface area contributed by atoms with Crippen LogP contribution in [-0.4, -0.2) is 28.7 Å². The molecule has 4 aromatic rings. The van der Waals surface area contributed by atoms with Crippen LogP contribution in [0.3, 0.4) is 0 Å². The molecule has 0 unspecified atom stereocenters. The van der Waals surface area contributed by atoms with E-state index in [-0.39, 0.29) is 5.75 Å². The number of aromatic nitrogens is 3. The molecule has 0 aliphatic rings. The first-order valence-electron chi connectivity index (χ1n) is 9.80. The zero-order valence-corrected chi connectivity index (χ0v) is 18.3. The Bertz CT molecular complexity index is 1200. The number of hydrogen-bond acceptors (Lipinski definition) is 6. The van der Waals surface area contributed by atoms with Crippen molar-refractivity contribution in [3.05, 3.63) is 71.5 Å². The van der Waals surface area contributed by atoms with Crippen LogP contribution in [0.15, 0.2) is 59.9 Å². The zero-order chi connectivity index (χ0) is 22.5. The summed E-state index contributed by atoms with van der Waals surface area (Å²) < 4.78 is 40.8. The van der Waals surface area contributed by atoms with Crippen molar-refractivity contribution in [3.8, 4) is 17.2 Å². The van der Waals surface area contributed by atoms with Crippen molar-refractivity contribution in [3.63, 3.8) is 0 Å². The first kappa shape index (κ1) is 21.9.